The van der Waals surface area contributed by atoms with Crippen molar-refractivity contribution in [2.75, 3.05) is 26.2 Å². The van der Waals surface area contributed by atoms with Crippen molar-refractivity contribution in [3.05, 3.63) is 0 Å². The summed E-state index contributed by atoms with van der Waals surface area (Å²) in [5.74, 6) is 2.30. The van der Waals surface area contributed by atoms with Gasteiger partial charge in [0.15, 0.2) is 0 Å². The Morgan fingerprint density at radius 3 is 2.33 bits per heavy atom. The van der Waals surface area contributed by atoms with Crippen LogP contribution in [0.15, 0.2) is 0 Å². The van der Waals surface area contributed by atoms with E-state index in [1.165, 1.54) is 0 Å². The van der Waals surface area contributed by atoms with Crippen LogP contribution in [-0.2, 0) is 4.79 Å². The van der Waals surface area contributed by atoms with Crippen LogP contribution in [-0.4, -0.2) is 37.0 Å². The smallest absolute Gasteiger partial charge is 0.222 e. The summed E-state index contributed by atoms with van der Waals surface area (Å²) in [6, 6.07) is 0. The zero-order chi connectivity index (χ0) is 13.3. The van der Waals surface area contributed by atoms with Crippen molar-refractivity contribution in [2.45, 2.75) is 40.5 Å². The molecule has 3 heteroatoms. The molecule has 0 aliphatic carbocycles. The number of fused-ring (bicyclic) bond motifs is 1. The number of carbonyl (C=O) groups excluding carboxylic acids is 1. The van der Waals surface area contributed by atoms with E-state index in [0.717, 1.165) is 39.0 Å². The molecular weight excluding hydrogens is 224 g/mol. The predicted molar refractivity (Wildman–Crippen MR) is 74.3 cm³/mol. The molecule has 2 fully saturated rings. The maximum absolute atomic E-state index is 12.3. The quantitative estimate of drug-likeness (QED) is 0.834. The van der Waals surface area contributed by atoms with Crippen molar-refractivity contribution in [3.8, 4) is 0 Å². The van der Waals surface area contributed by atoms with Crippen LogP contribution in [0.25, 0.3) is 0 Å². The van der Waals surface area contributed by atoms with Gasteiger partial charge in [0.2, 0.25) is 5.91 Å². The van der Waals surface area contributed by atoms with Crippen LogP contribution in [0.2, 0.25) is 0 Å². The Labute approximate surface area is 111 Å². The minimum Gasteiger partial charge on any atom is -0.342 e. The monoisotopic (exact) mass is 252 g/mol. The molecule has 1 unspecified atom stereocenters. The Kier molecular flexibility index (Phi) is 4.00. The second-order valence-electron chi connectivity index (χ2n) is 7.55. The van der Waals surface area contributed by atoms with E-state index in [1.807, 2.05) is 0 Å². The van der Waals surface area contributed by atoms with Crippen LogP contribution in [0, 0.1) is 23.2 Å². The van der Waals surface area contributed by atoms with Crippen molar-refractivity contribution in [1.29, 1.82) is 0 Å². The van der Waals surface area contributed by atoms with E-state index in [0.29, 0.717) is 29.1 Å². The van der Waals surface area contributed by atoms with Gasteiger partial charge in [-0.1, -0.05) is 27.7 Å². The fraction of sp³-hybridized carbons (Fsp3) is 0.933. The van der Waals surface area contributed by atoms with Gasteiger partial charge < -0.3 is 10.2 Å². The Bertz CT molecular complexity index is 296. The van der Waals surface area contributed by atoms with Crippen LogP contribution in [0.3, 0.4) is 0 Å². The highest BCUT2D eigenvalue weighted by molar-refractivity contribution is 5.76. The molecule has 0 aromatic rings. The van der Waals surface area contributed by atoms with Gasteiger partial charge >= 0.3 is 0 Å². The molecule has 0 spiro atoms. The summed E-state index contributed by atoms with van der Waals surface area (Å²) < 4.78 is 0. The first-order valence-corrected chi connectivity index (χ1v) is 7.33. The van der Waals surface area contributed by atoms with Crippen LogP contribution in [0.4, 0.5) is 0 Å². The number of amides is 1. The van der Waals surface area contributed by atoms with Gasteiger partial charge in [0.25, 0.3) is 0 Å². The lowest BCUT2D eigenvalue weighted by molar-refractivity contribution is -0.131. The highest BCUT2D eigenvalue weighted by Gasteiger charge is 2.38. The Balaban J connectivity index is 1.78. The van der Waals surface area contributed by atoms with Crippen molar-refractivity contribution in [3.63, 3.8) is 0 Å². The van der Waals surface area contributed by atoms with Crippen LogP contribution in [0.5, 0.6) is 0 Å². The van der Waals surface area contributed by atoms with Gasteiger partial charge in [0, 0.05) is 32.6 Å². The molecular formula is C15H28N2O. The third kappa shape index (κ3) is 3.47. The summed E-state index contributed by atoms with van der Waals surface area (Å²) in [6.45, 7) is 13.1. The van der Waals surface area contributed by atoms with Crippen molar-refractivity contribution in [2.24, 2.45) is 23.2 Å². The maximum Gasteiger partial charge on any atom is 0.222 e. The predicted octanol–water partition coefficient (Wildman–Crippen LogP) is 2.13. The first-order valence-electron chi connectivity index (χ1n) is 7.33. The number of rotatable bonds is 3. The van der Waals surface area contributed by atoms with Crippen molar-refractivity contribution >= 4 is 5.91 Å². The zero-order valence-corrected chi connectivity index (χ0v) is 12.3. The van der Waals surface area contributed by atoms with Gasteiger partial charge in [-0.2, -0.15) is 0 Å². The minimum atomic E-state index is 0.325. The fourth-order valence-corrected chi connectivity index (χ4v) is 3.60. The number of likely N-dealkylation sites (tertiary alicyclic amines) is 1. The third-order valence-electron chi connectivity index (χ3n) is 4.23. The lowest BCUT2D eigenvalue weighted by Gasteiger charge is -2.25. The minimum absolute atomic E-state index is 0.325. The average molecular weight is 252 g/mol. The molecule has 0 aromatic heterocycles. The molecule has 0 saturated carbocycles. The number of hydrogen-bond donors (Lipinski definition) is 1. The second kappa shape index (κ2) is 5.20. The SMILES string of the molecule is CC(CC(=O)N1C[C@H]2CNC[C@H]2C1)CC(C)(C)C. The normalized spacial score (nSPS) is 29.4. The Morgan fingerprint density at radius 2 is 1.83 bits per heavy atom. The average Bonchev–Trinajstić information content (AvgIpc) is 2.71. The molecule has 1 amide bonds. The molecule has 3 atom stereocenters. The van der Waals surface area contributed by atoms with Crippen LogP contribution >= 0.6 is 0 Å². The molecule has 18 heavy (non-hydrogen) atoms. The standard InChI is InChI=1S/C15H28N2O/c1-11(6-15(2,3)4)5-14(18)17-9-12-7-16-8-13(12)10-17/h11-13,16H,5-10H2,1-4H3/t11?,12-,13+. The molecule has 2 saturated heterocycles. The highest BCUT2D eigenvalue weighted by Crippen LogP contribution is 2.29. The summed E-state index contributed by atoms with van der Waals surface area (Å²) in [7, 11) is 0. The zero-order valence-electron chi connectivity index (χ0n) is 12.3. The van der Waals surface area contributed by atoms with E-state index in [4.69, 9.17) is 0 Å². The van der Waals surface area contributed by atoms with Gasteiger partial charge in [-0.25, -0.2) is 0 Å². The van der Waals surface area contributed by atoms with Crippen molar-refractivity contribution < 1.29 is 4.79 Å². The van der Waals surface area contributed by atoms with Crippen LogP contribution in [0.1, 0.15) is 40.5 Å². The van der Waals surface area contributed by atoms with Crippen molar-refractivity contribution in [1.82, 2.24) is 10.2 Å². The number of hydrogen-bond acceptors (Lipinski definition) is 2. The van der Waals surface area contributed by atoms with Gasteiger partial charge in [0.05, 0.1) is 0 Å². The Hall–Kier alpha value is -0.570. The summed E-state index contributed by atoms with van der Waals surface area (Å²) >= 11 is 0. The molecule has 1 N–H and O–H groups in total. The van der Waals surface area contributed by atoms with E-state index in [-0.39, 0.29) is 0 Å². The summed E-state index contributed by atoms with van der Waals surface area (Å²) in [5.41, 5.74) is 0.325. The van der Waals surface area contributed by atoms with E-state index in [2.05, 4.69) is 37.9 Å². The Morgan fingerprint density at radius 1 is 1.28 bits per heavy atom. The number of nitrogens with zero attached hydrogens (tertiary/aromatic N) is 1. The van der Waals surface area contributed by atoms with E-state index < -0.39 is 0 Å². The lowest BCUT2D eigenvalue weighted by Crippen LogP contribution is -2.33. The number of carbonyl (C=O) groups is 1. The van der Waals surface area contributed by atoms with Gasteiger partial charge in [-0.05, 0) is 29.6 Å². The third-order valence-corrected chi connectivity index (χ3v) is 4.23. The van der Waals surface area contributed by atoms with Gasteiger partial charge in [0.1, 0.15) is 0 Å². The molecule has 0 radical (unpaired) electrons. The van der Waals surface area contributed by atoms with Crippen LogP contribution < -0.4 is 5.32 Å². The fourth-order valence-electron chi connectivity index (χ4n) is 3.60. The summed E-state index contributed by atoms with van der Waals surface area (Å²) in [5, 5.41) is 3.42. The molecule has 0 bridgehead atoms. The van der Waals surface area contributed by atoms with Gasteiger partial charge in [-0.15, -0.1) is 0 Å². The lowest BCUT2D eigenvalue weighted by atomic mass is 9.84. The largest absolute Gasteiger partial charge is 0.342 e. The topological polar surface area (TPSA) is 32.3 Å². The number of nitrogens with one attached hydrogen (secondary N) is 1. The molecule has 0 aromatic carbocycles. The first kappa shape index (κ1) is 13.9. The molecule has 3 nitrogen and oxygen atoms in total. The molecule has 2 rings (SSSR count). The summed E-state index contributed by atoms with van der Waals surface area (Å²) in [4.78, 5) is 14.4. The molecule has 2 heterocycles. The summed E-state index contributed by atoms with van der Waals surface area (Å²) in [6.07, 6.45) is 1.85. The first-order chi connectivity index (χ1) is 8.35. The molecule has 104 valence electrons. The van der Waals surface area contributed by atoms with Gasteiger partial charge in [-0.3, -0.25) is 4.79 Å². The molecule has 2 aliphatic heterocycles. The van der Waals surface area contributed by atoms with E-state index in [9.17, 15) is 4.79 Å². The molecule has 2 aliphatic rings. The second-order valence-corrected chi connectivity index (χ2v) is 7.55. The maximum atomic E-state index is 12.3. The van der Waals surface area contributed by atoms with E-state index >= 15 is 0 Å². The highest BCUT2D eigenvalue weighted by atomic mass is 16.2. The van der Waals surface area contributed by atoms with E-state index in [1.54, 1.807) is 0 Å².